The summed E-state index contributed by atoms with van der Waals surface area (Å²) in [6, 6.07) is 14.4. The number of amides is 1. The number of carbonyl (C=O) groups excluding carboxylic acids is 2. The van der Waals surface area contributed by atoms with Crippen molar-refractivity contribution in [2.45, 2.75) is 12.5 Å². The van der Waals surface area contributed by atoms with E-state index in [0.717, 1.165) is 5.56 Å². The molecule has 0 radical (unpaired) electrons. The van der Waals surface area contributed by atoms with Gasteiger partial charge in [-0.15, -0.1) is 0 Å². The minimum absolute atomic E-state index is 0.0929. The maximum atomic E-state index is 13.3. The summed E-state index contributed by atoms with van der Waals surface area (Å²) in [5, 5.41) is 11.7. The molecule has 0 saturated carbocycles. The van der Waals surface area contributed by atoms with E-state index in [1.165, 1.54) is 49.5 Å². The van der Waals surface area contributed by atoms with Crippen molar-refractivity contribution in [1.82, 2.24) is 4.90 Å². The van der Waals surface area contributed by atoms with Crippen molar-refractivity contribution < 1.29 is 28.6 Å². The number of carbonyl (C=O) groups is 2. The predicted molar refractivity (Wildman–Crippen MR) is 135 cm³/mol. The lowest BCUT2D eigenvalue weighted by molar-refractivity contribution is -0.139. The highest BCUT2D eigenvalue weighted by Crippen LogP contribution is 2.42. The highest BCUT2D eigenvalue weighted by atomic mass is 35.5. The zero-order valence-corrected chi connectivity index (χ0v) is 20.9. The highest BCUT2D eigenvalue weighted by Gasteiger charge is 2.46. The molecule has 36 heavy (non-hydrogen) atoms. The molecule has 1 unspecified atom stereocenters. The summed E-state index contributed by atoms with van der Waals surface area (Å²) < 4.78 is 24.1. The molecule has 1 atom stereocenters. The number of methoxy groups -OCH3 is 2. The molecule has 0 aromatic heterocycles. The van der Waals surface area contributed by atoms with E-state index >= 15 is 0 Å². The van der Waals surface area contributed by atoms with Crippen LogP contribution in [0, 0.1) is 5.82 Å². The summed E-state index contributed by atoms with van der Waals surface area (Å²) in [6.45, 7) is 0.146. The Balaban J connectivity index is 1.83. The van der Waals surface area contributed by atoms with Gasteiger partial charge in [0.05, 0.1) is 35.9 Å². The lowest BCUT2D eigenvalue weighted by atomic mass is 9.94. The first-order chi connectivity index (χ1) is 17.2. The predicted octanol–water partition coefficient (Wildman–Crippen LogP) is 5.81. The van der Waals surface area contributed by atoms with Crippen LogP contribution in [0.2, 0.25) is 10.0 Å². The first-order valence-corrected chi connectivity index (χ1v) is 11.7. The number of hydrogen-bond acceptors (Lipinski definition) is 5. The van der Waals surface area contributed by atoms with Gasteiger partial charge in [-0.25, -0.2) is 4.39 Å². The Morgan fingerprint density at radius 3 is 2.28 bits per heavy atom. The molecule has 1 fully saturated rings. The van der Waals surface area contributed by atoms with Crippen LogP contribution < -0.4 is 9.47 Å². The molecule has 1 aliphatic rings. The van der Waals surface area contributed by atoms with Crippen LogP contribution >= 0.6 is 23.2 Å². The Kier molecular flexibility index (Phi) is 7.52. The van der Waals surface area contributed by atoms with Crippen molar-refractivity contribution >= 4 is 40.7 Å². The van der Waals surface area contributed by atoms with Crippen molar-refractivity contribution in [3.63, 3.8) is 0 Å². The second-order valence-electron chi connectivity index (χ2n) is 8.11. The zero-order chi connectivity index (χ0) is 26.0. The first kappa shape index (κ1) is 25.5. The second kappa shape index (κ2) is 10.6. The van der Waals surface area contributed by atoms with Gasteiger partial charge in [0.2, 0.25) is 0 Å². The fourth-order valence-corrected chi connectivity index (χ4v) is 4.48. The Bertz CT molecular complexity index is 1360. The maximum absolute atomic E-state index is 13.3. The normalized spacial score (nSPS) is 16.9. The van der Waals surface area contributed by atoms with Crippen LogP contribution in [0.3, 0.4) is 0 Å². The number of likely N-dealkylation sites (tertiary alicyclic amines) is 1. The third-order valence-electron chi connectivity index (χ3n) is 6.01. The van der Waals surface area contributed by atoms with Gasteiger partial charge in [0, 0.05) is 12.1 Å². The summed E-state index contributed by atoms with van der Waals surface area (Å²) >= 11 is 12.1. The minimum Gasteiger partial charge on any atom is -0.507 e. The van der Waals surface area contributed by atoms with Gasteiger partial charge in [-0.2, -0.15) is 0 Å². The number of hydrogen-bond donors (Lipinski definition) is 1. The van der Waals surface area contributed by atoms with E-state index in [-0.39, 0.29) is 39.3 Å². The fraction of sp³-hybridized carbons (Fsp3) is 0.185. The van der Waals surface area contributed by atoms with E-state index in [0.29, 0.717) is 23.5 Å². The quantitative estimate of drug-likeness (QED) is 0.237. The Morgan fingerprint density at radius 2 is 1.64 bits per heavy atom. The molecular formula is C27H22Cl2FNO5. The lowest BCUT2D eigenvalue weighted by Gasteiger charge is -2.26. The number of ketones is 1. The third kappa shape index (κ3) is 4.90. The van der Waals surface area contributed by atoms with Crippen LogP contribution in [0.15, 0.2) is 66.2 Å². The Labute approximate surface area is 217 Å². The number of Topliss-reactive ketones (excluding diaryl/α,β-unsaturated/α-hetero) is 1. The number of ether oxygens (including phenoxy) is 2. The van der Waals surface area contributed by atoms with E-state index in [4.69, 9.17) is 32.7 Å². The molecule has 1 amide bonds. The van der Waals surface area contributed by atoms with Crippen molar-refractivity contribution in [3.05, 3.63) is 98.8 Å². The molecule has 1 aliphatic heterocycles. The van der Waals surface area contributed by atoms with Crippen molar-refractivity contribution in [1.29, 1.82) is 0 Å². The highest BCUT2D eigenvalue weighted by molar-refractivity contribution is 6.47. The third-order valence-corrected chi connectivity index (χ3v) is 6.75. The van der Waals surface area contributed by atoms with E-state index in [2.05, 4.69) is 0 Å². The molecule has 1 heterocycles. The summed E-state index contributed by atoms with van der Waals surface area (Å²) in [5.74, 6) is -1.49. The average molecular weight is 530 g/mol. The summed E-state index contributed by atoms with van der Waals surface area (Å²) in [5.41, 5.74) is 1.47. The molecule has 186 valence electrons. The van der Waals surface area contributed by atoms with Crippen LogP contribution in [-0.2, 0) is 16.0 Å². The molecule has 3 aromatic rings. The molecule has 0 aliphatic carbocycles. The molecule has 0 bridgehead atoms. The van der Waals surface area contributed by atoms with Gasteiger partial charge in [-0.3, -0.25) is 9.59 Å². The molecule has 6 nitrogen and oxygen atoms in total. The number of aliphatic hydroxyl groups excluding tert-OH is 1. The molecule has 9 heteroatoms. The van der Waals surface area contributed by atoms with Crippen molar-refractivity contribution in [2.75, 3.05) is 20.8 Å². The Hall–Kier alpha value is -3.55. The summed E-state index contributed by atoms with van der Waals surface area (Å²) in [6.07, 6.45) is 0.365. The van der Waals surface area contributed by atoms with Gasteiger partial charge >= 0.3 is 0 Å². The lowest BCUT2D eigenvalue weighted by Crippen LogP contribution is -2.31. The first-order valence-electron chi connectivity index (χ1n) is 10.9. The SMILES string of the molecule is COc1ccc(C2/C(=C(/O)c3ccc(Cl)c(Cl)c3)C(=O)C(=O)N2CCc2ccc(F)cc2)cc1OC. The van der Waals surface area contributed by atoms with E-state index in [1.807, 2.05) is 0 Å². The molecule has 1 saturated heterocycles. The number of nitrogens with zero attached hydrogens (tertiary/aromatic N) is 1. The number of rotatable bonds is 7. The van der Waals surface area contributed by atoms with E-state index in [9.17, 15) is 19.1 Å². The average Bonchev–Trinajstić information content (AvgIpc) is 3.14. The van der Waals surface area contributed by atoms with Gasteiger partial charge in [0.1, 0.15) is 11.6 Å². The Morgan fingerprint density at radius 1 is 0.944 bits per heavy atom. The van der Waals surface area contributed by atoms with Crippen LogP contribution in [0.5, 0.6) is 11.5 Å². The van der Waals surface area contributed by atoms with E-state index in [1.54, 1.807) is 30.3 Å². The van der Waals surface area contributed by atoms with Crippen LogP contribution in [0.4, 0.5) is 4.39 Å². The summed E-state index contributed by atoms with van der Waals surface area (Å²) in [7, 11) is 2.97. The van der Waals surface area contributed by atoms with Gasteiger partial charge in [0.25, 0.3) is 11.7 Å². The van der Waals surface area contributed by atoms with Gasteiger partial charge < -0.3 is 19.5 Å². The minimum atomic E-state index is -0.917. The topological polar surface area (TPSA) is 76.1 Å². The number of aliphatic hydroxyl groups is 1. The van der Waals surface area contributed by atoms with Crippen LogP contribution in [0.1, 0.15) is 22.7 Å². The molecule has 1 N–H and O–H groups in total. The zero-order valence-electron chi connectivity index (χ0n) is 19.4. The largest absolute Gasteiger partial charge is 0.507 e. The monoisotopic (exact) mass is 529 g/mol. The number of benzene rings is 3. The van der Waals surface area contributed by atoms with E-state index < -0.39 is 17.7 Å². The van der Waals surface area contributed by atoms with Crippen molar-refractivity contribution in [3.8, 4) is 11.5 Å². The molecule has 0 spiro atoms. The van der Waals surface area contributed by atoms with Crippen LogP contribution in [-0.4, -0.2) is 42.5 Å². The fourth-order valence-electron chi connectivity index (χ4n) is 4.18. The smallest absolute Gasteiger partial charge is 0.295 e. The second-order valence-corrected chi connectivity index (χ2v) is 8.93. The number of halogens is 3. The van der Waals surface area contributed by atoms with Crippen LogP contribution in [0.25, 0.3) is 5.76 Å². The summed E-state index contributed by atoms with van der Waals surface area (Å²) in [4.78, 5) is 27.8. The standard InChI is InChI=1S/C27H22Cl2FNO5/c1-35-21-10-6-16(14-22(21)36-2)24-23(25(32)17-5-9-19(28)20(29)13-17)26(33)27(34)31(24)12-11-15-3-7-18(30)8-4-15/h3-10,13-14,24,32H,11-12H2,1-2H3/b25-23-. The van der Waals surface area contributed by atoms with Gasteiger partial charge in [0.15, 0.2) is 11.5 Å². The molecule has 3 aromatic carbocycles. The van der Waals surface area contributed by atoms with Gasteiger partial charge in [-0.1, -0.05) is 41.4 Å². The van der Waals surface area contributed by atoms with Gasteiger partial charge in [-0.05, 0) is 60.0 Å². The molecule has 4 rings (SSSR count). The van der Waals surface area contributed by atoms with Crippen molar-refractivity contribution in [2.24, 2.45) is 0 Å². The molecular weight excluding hydrogens is 508 g/mol. The maximum Gasteiger partial charge on any atom is 0.295 e.